The first-order valence-electron chi connectivity index (χ1n) is 4.44. The number of nitrogens with one attached hydrogen (secondary N) is 1. The molecule has 1 saturated carbocycles. The summed E-state index contributed by atoms with van der Waals surface area (Å²) in [6, 6.07) is 0. The summed E-state index contributed by atoms with van der Waals surface area (Å²) in [5.74, 6) is 5.81. The maximum atomic E-state index is 10.7. The van der Waals surface area contributed by atoms with Gasteiger partial charge in [-0.2, -0.15) is 11.8 Å². The van der Waals surface area contributed by atoms with Crippen LogP contribution < -0.4 is 11.3 Å². The molecule has 1 aliphatic rings. The number of hydrazine groups is 1. The molecule has 1 rings (SSSR count). The summed E-state index contributed by atoms with van der Waals surface area (Å²) in [5, 5.41) is 0.801. The van der Waals surface area contributed by atoms with Crippen molar-refractivity contribution in [2.75, 3.05) is 5.75 Å². The number of carbonyl (C=O) groups excluding carboxylic acids is 1. The van der Waals surface area contributed by atoms with Gasteiger partial charge in [-0.15, -0.1) is 0 Å². The van der Waals surface area contributed by atoms with E-state index >= 15 is 0 Å². The van der Waals surface area contributed by atoms with Crippen molar-refractivity contribution in [1.29, 1.82) is 0 Å². The lowest BCUT2D eigenvalue weighted by Gasteiger charge is -2.06. The molecule has 4 heteroatoms. The largest absolute Gasteiger partial charge is 0.294 e. The van der Waals surface area contributed by atoms with Crippen molar-refractivity contribution < 1.29 is 4.79 Å². The van der Waals surface area contributed by atoms with Gasteiger partial charge < -0.3 is 0 Å². The van der Waals surface area contributed by atoms with Gasteiger partial charge in [0.05, 0.1) is 0 Å². The number of amides is 1. The fraction of sp³-hybridized carbons (Fsp3) is 0.875. The summed E-state index contributed by atoms with van der Waals surface area (Å²) < 4.78 is 0. The molecule has 0 heterocycles. The van der Waals surface area contributed by atoms with Gasteiger partial charge in [0.25, 0.3) is 0 Å². The average molecular weight is 188 g/mol. The van der Waals surface area contributed by atoms with E-state index in [1.807, 2.05) is 11.8 Å². The molecule has 0 aromatic rings. The third-order valence-corrected chi connectivity index (χ3v) is 3.53. The maximum Gasteiger partial charge on any atom is 0.234 e. The Labute approximate surface area is 77.4 Å². The summed E-state index contributed by atoms with van der Waals surface area (Å²) >= 11 is 1.91. The van der Waals surface area contributed by atoms with E-state index in [4.69, 9.17) is 5.84 Å². The highest BCUT2D eigenvalue weighted by Crippen LogP contribution is 2.29. The van der Waals surface area contributed by atoms with Gasteiger partial charge in [0, 0.05) is 17.4 Å². The minimum absolute atomic E-state index is 0.0551. The second kappa shape index (κ2) is 5.43. The van der Waals surface area contributed by atoms with Crippen LogP contribution in [0.4, 0.5) is 0 Å². The summed E-state index contributed by atoms with van der Waals surface area (Å²) in [5.41, 5.74) is 2.14. The molecule has 0 bridgehead atoms. The third-order valence-electron chi connectivity index (χ3n) is 2.15. The smallest absolute Gasteiger partial charge is 0.234 e. The number of carbonyl (C=O) groups is 1. The van der Waals surface area contributed by atoms with Gasteiger partial charge in [-0.05, 0) is 12.8 Å². The number of hydrogen-bond acceptors (Lipinski definition) is 3. The summed E-state index contributed by atoms with van der Waals surface area (Å²) in [4.78, 5) is 10.7. The minimum Gasteiger partial charge on any atom is -0.294 e. The topological polar surface area (TPSA) is 55.1 Å². The molecular formula is C8H16N2OS. The van der Waals surface area contributed by atoms with Gasteiger partial charge in [0.15, 0.2) is 0 Å². The van der Waals surface area contributed by atoms with E-state index in [1.54, 1.807) is 0 Å². The molecule has 3 nitrogen and oxygen atoms in total. The van der Waals surface area contributed by atoms with Gasteiger partial charge in [-0.25, -0.2) is 5.84 Å². The molecule has 0 aromatic carbocycles. The van der Waals surface area contributed by atoms with E-state index in [0.717, 1.165) is 11.0 Å². The molecule has 0 radical (unpaired) electrons. The van der Waals surface area contributed by atoms with Crippen LogP contribution in [0.1, 0.15) is 32.1 Å². The fourth-order valence-electron chi connectivity index (χ4n) is 1.45. The first-order chi connectivity index (χ1) is 5.83. The van der Waals surface area contributed by atoms with Crippen molar-refractivity contribution in [3.05, 3.63) is 0 Å². The monoisotopic (exact) mass is 188 g/mol. The van der Waals surface area contributed by atoms with E-state index < -0.39 is 0 Å². The van der Waals surface area contributed by atoms with Crippen LogP contribution in [0.2, 0.25) is 0 Å². The van der Waals surface area contributed by atoms with Crippen molar-refractivity contribution >= 4 is 17.7 Å². The van der Waals surface area contributed by atoms with Crippen molar-refractivity contribution in [2.24, 2.45) is 5.84 Å². The molecule has 3 N–H and O–H groups in total. The second-order valence-electron chi connectivity index (χ2n) is 3.09. The van der Waals surface area contributed by atoms with Crippen molar-refractivity contribution in [2.45, 2.75) is 37.4 Å². The Morgan fingerprint density at radius 1 is 1.50 bits per heavy atom. The van der Waals surface area contributed by atoms with Gasteiger partial charge in [0.1, 0.15) is 0 Å². The Morgan fingerprint density at radius 2 is 2.17 bits per heavy atom. The lowest BCUT2D eigenvalue weighted by Crippen LogP contribution is -2.30. The number of hydrogen-bond donors (Lipinski definition) is 2. The first-order valence-corrected chi connectivity index (χ1v) is 5.49. The molecule has 0 unspecified atom stereocenters. The van der Waals surface area contributed by atoms with E-state index in [9.17, 15) is 4.79 Å². The highest BCUT2D eigenvalue weighted by Gasteiger charge is 2.14. The van der Waals surface area contributed by atoms with Crippen LogP contribution in [0.15, 0.2) is 0 Å². The van der Waals surface area contributed by atoms with Gasteiger partial charge in [0.2, 0.25) is 5.91 Å². The lowest BCUT2D eigenvalue weighted by molar-refractivity contribution is -0.120. The Kier molecular flexibility index (Phi) is 4.46. The Bertz CT molecular complexity index is 146. The normalized spacial score (nSPS) is 18.1. The molecule has 0 aromatic heterocycles. The fourth-order valence-corrected chi connectivity index (χ4v) is 2.75. The Hall–Kier alpha value is -0.220. The van der Waals surface area contributed by atoms with Crippen LogP contribution in [0, 0.1) is 0 Å². The zero-order chi connectivity index (χ0) is 8.81. The van der Waals surface area contributed by atoms with Crippen LogP contribution in [-0.4, -0.2) is 16.9 Å². The molecule has 0 atom stereocenters. The van der Waals surface area contributed by atoms with Crippen LogP contribution >= 0.6 is 11.8 Å². The van der Waals surface area contributed by atoms with E-state index in [0.29, 0.717) is 6.42 Å². The molecule has 70 valence electrons. The first kappa shape index (κ1) is 9.86. The summed E-state index contributed by atoms with van der Waals surface area (Å²) in [7, 11) is 0. The minimum atomic E-state index is -0.0551. The molecule has 1 aliphatic carbocycles. The van der Waals surface area contributed by atoms with Crippen molar-refractivity contribution in [3.8, 4) is 0 Å². The second-order valence-corrected chi connectivity index (χ2v) is 4.50. The molecule has 0 aliphatic heterocycles. The molecule has 1 fully saturated rings. The van der Waals surface area contributed by atoms with E-state index in [2.05, 4.69) is 5.43 Å². The van der Waals surface area contributed by atoms with E-state index in [1.165, 1.54) is 25.7 Å². The zero-order valence-corrected chi connectivity index (χ0v) is 8.03. The highest BCUT2D eigenvalue weighted by atomic mass is 32.2. The van der Waals surface area contributed by atoms with Crippen molar-refractivity contribution in [1.82, 2.24) is 5.43 Å². The molecule has 0 spiro atoms. The average Bonchev–Trinajstić information content (AvgIpc) is 2.57. The van der Waals surface area contributed by atoms with Crippen LogP contribution in [0.3, 0.4) is 0 Å². The van der Waals surface area contributed by atoms with Gasteiger partial charge in [-0.3, -0.25) is 10.2 Å². The number of rotatable bonds is 4. The molecule has 1 amide bonds. The zero-order valence-electron chi connectivity index (χ0n) is 7.21. The predicted molar refractivity (Wildman–Crippen MR) is 51.7 cm³/mol. The lowest BCUT2D eigenvalue weighted by atomic mass is 10.4. The van der Waals surface area contributed by atoms with Crippen LogP contribution in [0.5, 0.6) is 0 Å². The maximum absolute atomic E-state index is 10.7. The van der Waals surface area contributed by atoms with Crippen molar-refractivity contribution in [3.63, 3.8) is 0 Å². The Balaban J connectivity index is 1.97. The van der Waals surface area contributed by atoms with Gasteiger partial charge in [-0.1, -0.05) is 12.8 Å². The highest BCUT2D eigenvalue weighted by molar-refractivity contribution is 7.99. The van der Waals surface area contributed by atoms with E-state index in [-0.39, 0.29) is 5.91 Å². The SMILES string of the molecule is NNC(=O)CCSC1CCCC1. The van der Waals surface area contributed by atoms with Crippen LogP contribution in [-0.2, 0) is 4.79 Å². The quantitative estimate of drug-likeness (QED) is 0.394. The summed E-state index contributed by atoms with van der Waals surface area (Å²) in [6.45, 7) is 0. The molecular weight excluding hydrogens is 172 g/mol. The molecule has 12 heavy (non-hydrogen) atoms. The standard InChI is InChI=1S/C8H16N2OS/c9-10-8(11)5-6-12-7-3-1-2-4-7/h7H,1-6,9H2,(H,10,11). The predicted octanol–water partition coefficient (Wildman–Crippen LogP) is 1.04. The van der Waals surface area contributed by atoms with Gasteiger partial charge >= 0.3 is 0 Å². The van der Waals surface area contributed by atoms with Crippen LogP contribution in [0.25, 0.3) is 0 Å². The number of thioether (sulfide) groups is 1. The molecule has 0 saturated heterocycles. The Morgan fingerprint density at radius 3 is 2.75 bits per heavy atom. The third kappa shape index (κ3) is 3.45. The summed E-state index contributed by atoms with van der Waals surface area (Å²) in [6.07, 6.45) is 5.93. The number of nitrogens with two attached hydrogens (primary N) is 1.